The minimum atomic E-state index is -1.26. The Morgan fingerprint density at radius 3 is 2.21 bits per heavy atom. The van der Waals surface area contributed by atoms with E-state index in [4.69, 9.17) is 21.8 Å². The lowest BCUT2D eigenvalue weighted by molar-refractivity contribution is -0.134. The smallest absolute Gasteiger partial charge is 0.328 e. The Balaban J connectivity index is 0.000000300. The highest BCUT2D eigenvalue weighted by molar-refractivity contribution is 8.00. The number of hydrogen-bond acceptors (Lipinski definition) is 4. The third-order valence-corrected chi connectivity index (χ3v) is 5.48. The summed E-state index contributed by atoms with van der Waals surface area (Å²) in [6, 6.07) is 18.9. The largest absolute Gasteiger partial charge is 0.478 e. The lowest BCUT2D eigenvalue weighted by Gasteiger charge is -2.16. The third kappa shape index (κ3) is 8.61. The summed E-state index contributed by atoms with van der Waals surface area (Å²) in [4.78, 5) is 23.0. The van der Waals surface area contributed by atoms with Crippen LogP contribution in [0.25, 0.3) is 0 Å². The lowest BCUT2D eigenvalue weighted by atomic mass is 10.2. The molecule has 7 heteroatoms. The average Bonchev–Trinajstić information content (AvgIpc) is 3.10. The van der Waals surface area contributed by atoms with E-state index in [1.165, 1.54) is 30.0 Å². The molecule has 28 heavy (non-hydrogen) atoms. The maximum Gasteiger partial charge on any atom is 0.328 e. The van der Waals surface area contributed by atoms with Gasteiger partial charge < -0.3 is 10.2 Å². The van der Waals surface area contributed by atoms with Crippen molar-refractivity contribution >= 4 is 35.3 Å². The fourth-order valence-electron chi connectivity index (χ4n) is 2.73. The van der Waals surface area contributed by atoms with Crippen LogP contribution >= 0.6 is 23.4 Å². The van der Waals surface area contributed by atoms with Crippen LogP contribution in [0.2, 0.25) is 5.02 Å². The summed E-state index contributed by atoms with van der Waals surface area (Å²) in [6.45, 7) is 3.43. The van der Waals surface area contributed by atoms with Gasteiger partial charge in [-0.15, -0.1) is 11.8 Å². The summed E-state index contributed by atoms with van der Waals surface area (Å²) < 4.78 is 0. The molecule has 1 aliphatic heterocycles. The predicted octanol–water partition coefficient (Wildman–Crippen LogP) is 4.42. The molecule has 2 aromatic rings. The summed E-state index contributed by atoms with van der Waals surface area (Å²) in [7, 11) is 0. The zero-order chi connectivity index (χ0) is 20.4. The highest BCUT2D eigenvalue weighted by Crippen LogP contribution is 2.31. The molecule has 0 radical (unpaired) electrons. The number of hydrogen-bond donors (Lipinski definition) is 2. The first-order valence-electron chi connectivity index (χ1n) is 8.75. The molecule has 1 aliphatic rings. The molecule has 1 atom stereocenters. The van der Waals surface area contributed by atoms with E-state index in [9.17, 15) is 9.59 Å². The lowest BCUT2D eigenvalue weighted by Crippen LogP contribution is -2.20. The Labute approximate surface area is 173 Å². The van der Waals surface area contributed by atoms with Gasteiger partial charge in [0.05, 0.1) is 0 Å². The SMILES string of the molecule is Clc1ccc(SC2CCN(Cc3ccccc3)C2)cc1.O=C(O)C=CC(=O)O. The van der Waals surface area contributed by atoms with Gasteiger partial charge in [0.1, 0.15) is 0 Å². The number of nitrogens with zero attached hydrogens (tertiary/aromatic N) is 1. The number of carboxylic acid groups (broad SMARTS) is 2. The second-order valence-electron chi connectivity index (χ2n) is 6.21. The van der Waals surface area contributed by atoms with Crippen LogP contribution in [0.5, 0.6) is 0 Å². The van der Waals surface area contributed by atoms with Crippen LogP contribution in [0.15, 0.2) is 71.6 Å². The maximum atomic E-state index is 9.55. The van der Waals surface area contributed by atoms with Crippen molar-refractivity contribution in [2.45, 2.75) is 23.1 Å². The Kier molecular flexibility index (Phi) is 9.07. The van der Waals surface area contributed by atoms with Gasteiger partial charge in [-0.05, 0) is 42.8 Å². The molecule has 148 valence electrons. The number of likely N-dealkylation sites (tertiary alicyclic amines) is 1. The van der Waals surface area contributed by atoms with Crippen molar-refractivity contribution in [2.24, 2.45) is 0 Å². The van der Waals surface area contributed by atoms with Gasteiger partial charge in [-0.2, -0.15) is 0 Å². The zero-order valence-corrected chi connectivity index (χ0v) is 16.8. The van der Waals surface area contributed by atoms with Gasteiger partial charge in [0.15, 0.2) is 0 Å². The number of rotatable bonds is 6. The van der Waals surface area contributed by atoms with Crippen LogP contribution in [0.3, 0.4) is 0 Å². The molecule has 0 amide bonds. The van der Waals surface area contributed by atoms with E-state index in [1.807, 2.05) is 23.9 Å². The van der Waals surface area contributed by atoms with E-state index in [1.54, 1.807) is 0 Å². The van der Waals surface area contributed by atoms with E-state index in [-0.39, 0.29) is 0 Å². The van der Waals surface area contributed by atoms with E-state index < -0.39 is 11.9 Å². The van der Waals surface area contributed by atoms with E-state index in [2.05, 4.69) is 47.4 Å². The van der Waals surface area contributed by atoms with E-state index in [0.717, 1.165) is 11.6 Å². The number of carboxylic acids is 2. The van der Waals surface area contributed by atoms with Crippen molar-refractivity contribution in [1.29, 1.82) is 0 Å². The Morgan fingerprint density at radius 1 is 1.04 bits per heavy atom. The van der Waals surface area contributed by atoms with Gasteiger partial charge in [-0.1, -0.05) is 41.9 Å². The van der Waals surface area contributed by atoms with Gasteiger partial charge >= 0.3 is 11.9 Å². The predicted molar refractivity (Wildman–Crippen MR) is 112 cm³/mol. The molecule has 0 aromatic heterocycles. The van der Waals surface area contributed by atoms with Crippen LogP contribution in [0.1, 0.15) is 12.0 Å². The van der Waals surface area contributed by atoms with E-state index >= 15 is 0 Å². The minimum Gasteiger partial charge on any atom is -0.478 e. The number of thioether (sulfide) groups is 1. The summed E-state index contributed by atoms with van der Waals surface area (Å²) >= 11 is 7.90. The zero-order valence-electron chi connectivity index (χ0n) is 15.2. The molecular weight excluding hydrogens is 398 g/mol. The number of aliphatic carboxylic acids is 2. The van der Waals surface area contributed by atoms with Crippen molar-refractivity contribution in [3.8, 4) is 0 Å². The molecule has 1 fully saturated rings. The van der Waals surface area contributed by atoms with Crippen LogP contribution < -0.4 is 0 Å². The molecule has 2 N–H and O–H groups in total. The Bertz CT molecular complexity index is 780. The monoisotopic (exact) mass is 419 g/mol. The molecule has 0 bridgehead atoms. The van der Waals surface area contributed by atoms with Gasteiger partial charge in [-0.25, -0.2) is 9.59 Å². The van der Waals surface area contributed by atoms with Crippen LogP contribution in [0.4, 0.5) is 0 Å². The van der Waals surface area contributed by atoms with Crippen molar-refractivity contribution in [2.75, 3.05) is 13.1 Å². The summed E-state index contributed by atoms with van der Waals surface area (Å²) in [5, 5.41) is 17.1. The molecule has 1 unspecified atom stereocenters. The fraction of sp³-hybridized carbons (Fsp3) is 0.238. The number of halogens is 1. The summed E-state index contributed by atoms with van der Waals surface area (Å²) in [6.07, 6.45) is 2.38. The number of carbonyl (C=O) groups is 2. The first-order chi connectivity index (χ1) is 13.4. The van der Waals surface area contributed by atoms with Gasteiger partial charge in [0.25, 0.3) is 0 Å². The molecule has 3 rings (SSSR count). The highest BCUT2D eigenvalue weighted by Gasteiger charge is 2.23. The molecule has 2 aromatic carbocycles. The average molecular weight is 420 g/mol. The quantitative estimate of drug-likeness (QED) is 0.675. The Morgan fingerprint density at radius 2 is 1.64 bits per heavy atom. The number of benzene rings is 2. The summed E-state index contributed by atoms with van der Waals surface area (Å²) in [5.41, 5.74) is 1.41. The molecule has 0 aliphatic carbocycles. The second kappa shape index (κ2) is 11.5. The topological polar surface area (TPSA) is 77.8 Å². The maximum absolute atomic E-state index is 9.55. The second-order valence-corrected chi connectivity index (χ2v) is 8.02. The molecule has 1 heterocycles. The first kappa shape index (κ1) is 22.0. The first-order valence-corrected chi connectivity index (χ1v) is 10.0. The van der Waals surface area contributed by atoms with E-state index in [0.29, 0.717) is 17.4 Å². The molecule has 0 spiro atoms. The third-order valence-electron chi connectivity index (χ3n) is 3.96. The molecular formula is C21H22ClNO4S. The highest BCUT2D eigenvalue weighted by atomic mass is 35.5. The summed E-state index contributed by atoms with van der Waals surface area (Å²) in [5.74, 6) is -2.51. The standard InChI is InChI=1S/C17H18ClNS.C4H4O4/c18-15-6-8-16(9-7-15)20-17-10-11-19(13-17)12-14-4-2-1-3-5-14;5-3(6)1-2-4(7)8/h1-9,17H,10-13H2;1-2H,(H,5,6)(H,7,8). The van der Waals surface area contributed by atoms with Crippen LogP contribution in [-0.2, 0) is 16.1 Å². The molecule has 1 saturated heterocycles. The van der Waals surface area contributed by atoms with Crippen LogP contribution in [-0.4, -0.2) is 45.4 Å². The fourth-order valence-corrected chi connectivity index (χ4v) is 4.04. The van der Waals surface area contributed by atoms with Crippen molar-refractivity contribution in [3.05, 3.63) is 77.3 Å². The van der Waals surface area contributed by atoms with Gasteiger partial charge in [-0.3, -0.25) is 4.90 Å². The molecule has 5 nitrogen and oxygen atoms in total. The normalized spacial score (nSPS) is 16.5. The van der Waals surface area contributed by atoms with Gasteiger partial charge in [0, 0.05) is 40.4 Å². The van der Waals surface area contributed by atoms with Crippen molar-refractivity contribution in [1.82, 2.24) is 4.90 Å². The Hall–Kier alpha value is -2.28. The van der Waals surface area contributed by atoms with Crippen molar-refractivity contribution < 1.29 is 19.8 Å². The molecule has 0 saturated carbocycles. The van der Waals surface area contributed by atoms with Gasteiger partial charge in [0.2, 0.25) is 0 Å². The van der Waals surface area contributed by atoms with Crippen LogP contribution in [0, 0.1) is 0 Å². The minimum absolute atomic E-state index is 0.558. The van der Waals surface area contributed by atoms with Crippen molar-refractivity contribution in [3.63, 3.8) is 0 Å².